The molecule has 3 rings (SSSR count). The van der Waals surface area contributed by atoms with Crippen molar-refractivity contribution in [3.05, 3.63) is 85.6 Å². The lowest BCUT2D eigenvalue weighted by Crippen LogP contribution is -2.19. The Balaban J connectivity index is 1.64. The Morgan fingerprint density at radius 1 is 1.07 bits per heavy atom. The average Bonchev–Trinajstić information content (AvgIpc) is 2.93. The molecule has 3 aromatic rings. The Morgan fingerprint density at radius 3 is 2.50 bits per heavy atom. The second-order valence-electron chi connectivity index (χ2n) is 6.90. The molecule has 30 heavy (non-hydrogen) atoms. The normalized spacial score (nSPS) is 11.2. The van der Waals surface area contributed by atoms with Gasteiger partial charge in [-0.1, -0.05) is 52.3 Å². The molecule has 0 aliphatic rings. The van der Waals surface area contributed by atoms with Crippen molar-refractivity contribution in [3.8, 4) is 5.69 Å². The topological polar surface area (TPSA) is 46.4 Å². The van der Waals surface area contributed by atoms with Crippen LogP contribution in [0.4, 0.5) is 0 Å². The number of halogens is 2. The molecule has 2 aromatic carbocycles. The highest BCUT2D eigenvalue weighted by molar-refractivity contribution is 9.10. The maximum atomic E-state index is 12.1. The van der Waals surface area contributed by atoms with E-state index >= 15 is 0 Å². The van der Waals surface area contributed by atoms with Gasteiger partial charge in [-0.25, -0.2) is 5.43 Å². The van der Waals surface area contributed by atoms with E-state index in [0.717, 1.165) is 37.3 Å². The molecule has 7 heteroatoms. The van der Waals surface area contributed by atoms with Crippen molar-refractivity contribution in [1.82, 2.24) is 9.99 Å². The number of hydrazone groups is 1. The maximum absolute atomic E-state index is 12.1. The summed E-state index contributed by atoms with van der Waals surface area (Å²) in [6, 6.07) is 16.3. The first-order chi connectivity index (χ1) is 14.4. The molecule has 1 heterocycles. The lowest BCUT2D eigenvalue weighted by molar-refractivity contribution is -0.118. The average molecular weight is 549 g/mol. The fourth-order valence-electron chi connectivity index (χ4n) is 3.22. The summed E-state index contributed by atoms with van der Waals surface area (Å²) in [5.74, 6) is 0.996. The Morgan fingerprint density at radius 2 is 1.77 bits per heavy atom. The Labute approximate surface area is 198 Å². The Bertz CT molecular complexity index is 1090. The predicted octanol–water partition coefficient (Wildman–Crippen LogP) is 6.31. The smallest absolute Gasteiger partial charge is 0.250 e. The largest absolute Gasteiger partial charge is 0.316 e. The highest BCUT2D eigenvalue weighted by Crippen LogP contribution is 2.30. The fourth-order valence-corrected chi connectivity index (χ4v) is 5.22. The number of nitrogens with zero attached hydrogens (tertiary/aromatic N) is 2. The van der Waals surface area contributed by atoms with E-state index in [9.17, 15) is 4.79 Å². The van der Waals surface area contributed by atoms with Gasteiger partial charge in [0, 0.05) is 37.3 Å². The van der Waals surface area contributed by atoms with E-state index in [2.05, 4.69) is 85.9 Å². The number of rotatable bonds is 7. The molecule has 0 bridgehead atoms. The molecule has 0 saturated carbocycles. The first kappa shape index (κ1) is 22.8. The monoisotopic (exact) mass is 547 g/mol. The number of aromatic nitrogens is 1. The number of para-hydroxylation sites is 1. The lowest BCUT2D eigenvalue weighted by Gasteiger charge is -2.12. The molecular formula is C23H23Br2N3OS. The lowest BCUT2D eigenvalue weighted by atomic mass is 10.2. The number of carbonyl (C=O) groups is 1. The van der Waals surface area contributed by atoms with E-state index in [-0.39, 0.29) is 5.91 Å². The minimum atomic E-state index is -0.118. The van der Waals surface area contributed by atoms with Gasteiger partial charge < -0.3 is 4.57 Å². The number of nitrogens with one attached hydrogen (secondary N) is 1. The summed E-state index contributed by atoms with van der Waals surface area (Å²) in [6.07, 6.45) is 1.71. The van der Waals surface area contributed by atoms with Crippen molar-refractivity contribution in [3.63, 3.8) is 0 Å². The van der Waals surface area contributed by atoms with Crippen molar-refractivity contribution in [2.24, 2.45) is 5.10 Å². The van der Waals surface area contributed by atoms with Crippen LogP contribution in [0.5, 0.6) is 0 Å². The van der Waals surface area contributed by atoms with E-state index in [0.29, 0.717) is 5.75 Å². The highest BCUT2D eigenvalue weighted by atomic mass is 79.9. The SMILES string of the molecule is Cc1ccccc1-n1c(C)c(Br)c(/C=N\NC(=O)CSCc2ccccc2Br)c1C. The van der Waals surface area contributed by atoms with Crippen LogP contribution in [0.15, 0.2) is 62.6 Å². The first-order valence-electron chi connectivity index (χ1n) is 9.46. The van der Waals surface area contributed by atoms with Gasteiger partial charge in [0.1, 0.15) is 0 Å². The zero-order valence-corrected chi connectivity index (χ0v) is 21.1. The molecule has 0 saturated heterocycles. The minimum absolute atomic E-state index is 0.118. The van der Waals surface area contributed by atoms with Gasteiger partial charge in [0.25, 0.3) is 0 Å². The molecule has 4 nitrogen and oxygen atoms in total. The summed E-state index contributed by atoms with van der Waals surface area (Å²) >= 11 is 8.77. The second-order valence-corrected chi connectivity index (χ2v) is 9.53. The summed E-state index contributed by atoms with van der Waals surface area (Å²) in [6.45, 7) is 6.22. The van der Waals surface area contributed by atoms with E-state index in [4.69, 9.17) is 0 Å². The van der Waals surface area contributed by atoms with Crippen LogP contribution in [0.3, 0.4) is 0 Å². The van der Waals surface area contributed by atoms with Crippen molar-refractivity contribution < 1.29 is 4.79 Å². The van der Waals surface area contributed by atoms with E-state index in [1.165, 1.54) is 11.1 Å². The molecule has 0 radical (unpaired) electrons. The summed E-state index contributed by atoms with van der Waals surface area (Å²) in [7, 11) is 0. The minimum Gasteiger partial charge on any atom is -0.316 e. The van der Waals surface area contributed by atoms with Gasteiger partial charge in [0.2, 0.25) is 5.91 Å². The second kappa shape index (κ2) is 10.5. The van der Waals surface area contributed by atoms with Crippen LogP contribution < -0.4 is 5.43 Å². The zero-order chi connectivity index (χ0) is 21.7. The quantitative estimate of drug-likeness (QED) is 0.278. The van der Waals surface area contributed by atoms with Crippen molar-refractivity contribution in [2.45, 2.75) is 26.5 Å². The van der Waals surface area contributed by atoms with Crippen molar-refractivity contribution in [1.29, 1.82) is 0 Å². The predicted molar refractivity (Wildman–Crippen MR) is 134 cm³/mol. The zero-order valence-electron chi connectivity index (χ0n) is 17.1. The van der Waals surface area contributed by atoms with Gasteiger partial charge in [-0.3, -0.25) is 4.79 Å². The van der Waals surface area contributed by atoms with Crippen LogP contribution in [0, 0.1) is 20.8 Å². The van der Waals surface area contributed by atoms with Gasteiger partial charge in [-0.05, 0) is 60.0 Å². The van der Waals surface area contributed by atoms with Gasteiger partial charge in [0.15, 0.2) is 0 Å². The standard InChI is InChI=1S/C23H23Br2N3OS/c1-15-8-4-7-11-21(15)28-16(2)19(23(25)17(28)3)12-26-27-22(29)14-30-13-18-9-5-6-10-20(18)24/h4-12H,13-14H2,1-3H3,(H,27,29)/b26-12-. The summed E-state index contributed by atoms with van der Waals surface area (Å²) in [5.41, 5.74) is 9.26. The number of thioether (sulfide) groups is 1. The Kier molecular flexibility index (Phi) is 7.97. The number of amides is 1. The fraction of sp³-hybridized carbons (Fsp3) is 0.217. The molecule has 1 N–H and O–H groups in total. The molecule has 1 amide bonds. The molecular weight excluding hydrogens is 526 g/mol. The van der Waals surface area contributed by atoms with Crippen molar-refractivity contribution in [2.75, 3.05) is 5.75 Å². The molecule has 0 spiro atoms. The molecule has 1 aromatic heterocycles. The third kappa shape index (κ3) is 5.25. The third-order valence-electron chi connectivity index (χ3n) is 4.80. The van der Waals surface area contributed by atoms with E-state index in [1.54, 1.807) is 18.0 Å². The van der Waals surface area contributed by atoms with E-state index in [1.807, 2.05) is 30.3 Å². The van der Waals surface area contributed by atoms with Crippen LogP contribution in [-0.4, -0.2) is 22.4 Å². The Hall–Kier alpha value is -1.83. The number of hydrogen-bond donors (Lipinski definition) is 1. The highest BCUT2D eigenvalue weighted by Gasteiger charge is 2.16. The number of hydrogen-bond acceptors (Lipinski definition) is 3. The molecule has 0 aliphatic heterocycles. The maximum Gasteiger partial charge on any atom is 0.250 e. The third-order valence-corrected chi connectivity index (χ3v) is 7.56. The van der Waals surface area contributed by atoms with Crippen LogP contribution >= 0.6 is 43.6 Å². The first-order valence-corrected chi connectivity index (χ1v) is 12.2. The summed E-state index contributed by atoms with van der Waals surface area (Å²) in [4.78, 5) is 12.1. The molecule has 0 unspecified atom stereocenters. The van der Waals surface area contributed by atoms with E-state index < -0.39 is 0 Å². The summed E-state index contributed by atoms with van der Waals surface area (Å²) in [5, 5.41) is 4.19. The van der Waals surface area contributed by atoms with Gasteiger partial charge in [0.05, 0.1) is 12.0 Å². The number of carbonyl (C=O) groups excluding carboxylic acids is 1. The van der Waals surface area contributed by atoms with Crippen molar-refractivity contribution >= 4 is 55.7 Å². The van der Waals surface area contributed by atoms with Crippen LogP contribution in [0.25, 0.3) is 5.69 Å². The summed E-state index contributed by atoms with van der Waals surface area (Å²) < 4.78 is 4.24. The molecule has 0 fully saturated rings. The number of benzene rings is 2. The van der Waals surface area contributed by atoms with Crippen LogP contribution in [0.1, 0.15) is 28.1 Å². The van der Waals surface area contributed by atoms with Crippen LogP contribution in [-0.2, 0) is 10.5 Å². The van der Waals surface area contributed by atoms with Crippen LogP contribution in [0.2, 0.25) is 0 Å². The van der Waals surface area contributed by atoms with Gasteiger partial charge in [-0.15, -0.1) is 11.8 Å². The number of aryl methyl sites for hydroxylation is 1. The molecule has 0 aliphatic carbocycles. The molecule has 156 valence electrons. The van der Waals surface area contributed by atoms with Gasteiger partial charge in [-0.2, -0.15) is 5.10 Å². The van der Waals surface area contributed by atoms with Gasteiger partial charge >= 0.3 is 0 Å². The molecule has 0 atom stereocenters.